The third kappa shape index (κ3) is 21.6. The molecule has 0 bridgehead atoms. The first kappa shape index (κ1) is 73.9. The van der Waals surface area contributed by atoms with Gasteiger partial charge in [0.25, 0.3) is 0 Å². The van der Waals surface area contributed by atoms with E-state index in [0.717, 1.165) is 55.6 Å². The summed E-state index contributed by atoms with van der Waals surface area (Å²) in [6.07, 6.45) is -15.4. The largest absolute Gasteiger partial charge is 0.374 e. The second-order valence-electron chi connectivity index (χ2n) is 26.2. The van der Waals surface area contributed by atoms with Gasteiger partial charge in [-0.2, -0.15) is 0 Å². The topological polar surface area (TPSA) is 159 Å². The van der Waals surface area contributed by atoms with Crippen LogP contribution in [0.2, 0.25) is 0 Å². The Kier molecular flexibility index (Phi) is 28.1. The molecule has 3 aliphatic heterocycles. The molecule has 0 spiro atoms. The molecule has 10 aromatic carbocycles. The molecule has 0 saturated carbocycles. The van der Waals surface area contributed by atoms with E-state index in [1.54, 1.807) is 0 Å². The Hall–Kier alpha value is -8.44. The molecule has 16 nitrogen and oxygen atoms in total. The van der Waals surface area contributed by atoms with Crippen molar-refractivity contribution < 1.29 is 76.2 Å². The number of hydrogen-bond acceptors (Lipinski definition) is 16. The molecule has 3 heterocycles. The van der Waals surface area contributed by atoms with Crippen molar-refractivity contribution in [3.05, 3.63) is 359 Å². The van der Waals surface area contributed by atoms with E-state index in [-0.39, 0.29) is 79.3 Å². The fourth-order valence-electron chi connectivity index (χ4n) is 13.2. The number of hydrogen-bond donors (Lipinski definition) is 1. The standard InChI is InChI=1S/C88H92O16/c89-86-83(97-58-71-45-25-8-26-46-71)82(96-57-70-43-23-7-24-44-70)79(75(101-86)62-91-52-65-33-13-2-14-34-65)104-88-85(99-60-73-49-29-10-30-50-73)81(95-56-69-41-21-6-22-42-69)78(93-54-67-37-17-4-18-38-67)76(103-88)63-100-87-84(98-59-72-47-27-9-28-48-72)80(94-55-68-39-19-5-20-40-68)77(92-53-66-35-15-3-16-36-66)74(102-87)61-90-51-64-31-11-1-12-32-64/h1-50,74-89H,51-63H2/t74-,75-,76-,77-,78-,79-,80+,81+,82+,83-,84-,85-,86+,87+,88-/m1/s1. The van der Waals surface area contributed by atoms with Gasteiger partial charge in [-0.25, -0.2) is 0 Å². The van der Waals surface area contributed by atoms with Crippen LogP contribution < -0.4 is 0 Å². The van der Waals surface area contributed by atoms with Crippen molar-refractivity contribution in [3.8, 4) is 0 Å². The number of rotatable bonds is 37. The fourth-order valence-corrected chi connectivity index (χ4v) is 13.2. The summed E-state index contributed by atoms with van der Waals surface area (Å²) in [5.41, 5.74) is 9.26. The molecular formula is C88H92O16. The number of aliphatic hydroxyl groups excluding tert-OH is 1. The van der Waals surface area contributed by atoms with Gasteiger partial charge in [0.05, 0.1) is 85.9 Å². The summed E-state index contributed by atoms with van der Waals surface area (Å²) in [6, 6.07) is 99.5. The molecule has 10 aromatic rings. The van der Waals surface area contributed by atoms with Crippen LogP contribution in [0.3, 0.4) is 0 Å². The van der Waals surface area contributed by atoms with Gasteiger partial charge in [-0.05, 0) is 55.6 Å². The van der Waals surface area contributed by atoms with Gasteiger partial charge >= 0.3 is 0 Å². The van der Waals surface area contributed by atoms with Crippen LogP contribution in [-0.4, -0.2) is 117 Å². The van der Waals surface area contributed by atoms with E-state index in [9.17, 15) is 5.11 Å². The lowest BCUT2D eigenvalue weighted by molar-refractivity contribution is -0.380. The Bertz CT molecular complexity index is 3960. The smallest absolute Gasteiger partial charge is 0.187 e. The van der Waals surface area contributed by atoms with Crippen LogP contribution in [0.15, 0.2) is 303 Å². The molecule has 104 heavy (non-hydrogen) atoms. The SMILES string of the molecule is O[C@H]1O[C@H](COCc2ccccc2)[C@@H](O[C@H]2O[C@H](CO[C@H]3O[C@H](COCc4ccccc4)[C@@H](OCc4ccccc4)[C@H](OCc4ccccc4)[C@H]3OCc3ccccc3)[C@@H](OCc3ccccc3)[C@H](OCc3ccccc3)[C@H]2OCc2ccccc2)[C@H](OCc2ccccc2)[C@H]1OCc1ccccc1. The maximum Gasteiger partial charge on any atom is 0.187 e. The monoisotopic (exact) mass is 1400 g/mol. The van der Waals surface area contributed by atoms with Crippen molar-refractivity contribution in [2.75, 3.05) is 19.8 Å². The lowest BCUT2D eigenvalue weighted by Gasteiger charge is -2.50. The highest BCUT2D eigenvalue weighted by Crippen LogP contribution is 2.39. The maximum absolute atomic E-state index is 12.4. The van der Waals surface area contributed by atoms with Crippen molar-refractivity contribution >= 4 is 0 Å². The molecule has 15 atom stereocenters. The molecule has 0 amide bonds. The minimum absolute atomic E-state index is 0.0397. The molecule has 0 radical (unpaired) electrons. The van der Waals surface area contributed by atoms with Gasteiger partial charge in [0.15, 0.2) is 18.9 Å². The van der Waals surface area contributed by atoms with Crippen LogP contribution in [0.1, 0.15) is 55.6 Å². The summed E-state index contributed by atoms with van der Waals surface area (Å²) >= 11 is 0. The zero-order valence-corrected chi connectivity index (χ0v) is 58.3. The maximum atomic E-state index is 12.4. The summed E-state index contributed by atoms with van der Waals surface area (Å²) in [4.78, 5) is 0. The van der Waals surface area contributed by atoms with E-state index >= 15 is 0 Å². The van der Waals surface area contributed by atoms with Crippen LogP contribution in [0.25, 0.3) is 0 Å². The molecule has 540 valence electrons. The van der Waals surface area contributed by atoms with Gasteiger partial charge < -0.3 is 76.2 Å². The average Bonchev–Trinajstić information content (AvgIpc) is 0.780. The minimum atomic E-state index is -1.50. The third-order valence-electron chi connectivity index (χ3n) is 18.6. The highest BCUT2D eigenvalue weighted by atomic mass is 16.8. The Morgan fingerprint density at radius 2 is 0.423 bits per heavy atom. The van der Waals surface area contributed by atoms with Crippen molar-refractivity contribution in [1.29, 1.82) is 0 Å². The summed E-state index contributed by atoms with van der Waals surface area (Å²) in [5, 5.41) is 12.4. The van der Waals surface area contributed by atoms with Gasteiger partial charge in [-0.15, -0.1) is 0 Å². The molecule has 0 aromatic heterocycles. The molecule has 3 fully saturated rings. The Labute approximate surface area is 610 Å². The van der Waals surface area contributed by atoms with E-state index in [1.165, 1.54) is 0 Å². The lowest BCUT2D eigenvalue weighted by Crippen LogP contribution is -2.66. The van der Waals surface area contributed by atoms with Crippen LogP contribution >= 0.6 is 0 Å². The van der Waals surface area contributed by atoms with Crippen molar-refractivity contribution in [3.63, 3.8) is 0 Å². The quantitative estimate of drug-likeness (QED) is 0.0392. The first-order valence-electron chi connectivity index (χ1n) is 35.9. The van der Waals surface area contributed by atoms with Crippen molar-refractivity contribution in [2.45, 2.75) is 158 Å². The molecule has 3 saturated heterocycles. The van der Waals surface area contributed by atoms with E-state index in [2.05, 4.69) is 0 Å². The Balaban J connectivity index is 0.908. The van der Waals surface area contributed by atoms with Gasteiger partial charge in [0.2, 0.25) is 0 Å². The predicted molar refractivity (Wildman–Crippen MR) is 391 cm³/mol. The van der Waals surface area contributed by atoms with Crippen molar-refractivity contribution in [2.24, 2.45) is 0 Å². The van der Waals surface area contributed by atoms with E-state index in [4.69, 9.17) is 71.1 Å². The average molecular weight is 1410 g/mol. The van der Waals surface area contributed by atoms with Gasteiger partial charge in [0.1, 0.15) is 73.2 Å². The highest BCUT2D eigenvalue weighted by molar-refractivity contribution is 5.21. The molecular weight excluding hydrogens is 1310 g/mol. The van der Waals surface area contributed by atoms with Crippen LogP contribution in [0, 0.1) is 0 Å². The first-order chi connectivity index (χ1) is 51.5. The highest BCUT2D eigenvalue weighted by Gasteiger charge is 2.56. The Morgan fingerprint density at radius 1 is 0.202 bits per heavy atom. The minimum Gasteiger partial charge on any atom is -0.374 e. The second kappa shape index (κ2) is 39.6. The van der Waals surface area contributed by atoms with E-state index < -0.39 is 92.1 Å². The van der Waals surface area contributed by atoms with Crippen LogP contribution in [0.5, 0.6) is 0 Å². The summed E-state index contributed by atoms with van der Waals surface area (Å²) < 4.78 is 107. The van der Waals surface area contributed by atoms with Crippen LogP contribution in [0.4, 0.5) is 0 Å². The van der Waals surface area contributed by atoms with Crippen molar-refractivity contribution in [1.82, 2.24) is 0 Å². The number of ether oxygens (including phenoxy) is 15. The lowest BCUT2D eigenvalue weighted by atomic mass is 9.95. The second-order valence-corrected chi connectivity index (χ2v) is 26.2. The molecule has 3 aliphatic rings. The van der Waals surface area contributed by atoms with E-state index in [1.807, 2.05) is 303 Å². The third-order valence-corrected chi connectivity index (χ3v) is 18.6. The number of benzene rings is 10. The number of aliphatic hydroxyl groups is 1. The summed E-state index contributed by atoms with van der Waals surface area (Å²) in [5.74, 6) is 0. The molecule has 16 heteroatoms. The Morgan fingerprint density at radius 3 is 0.731 bits per heavy atom. The van der Waals surface area contributed by atoms with Gasteiger partial charge in [-0.1, -0.05) is 303 Å². The fraction of sp³-hybridized carbons (Fsp3) is 0.318. The molecule has 1 N–H and O–H groups in total. The predicted octanol–water partition coefficient (Wildman–Crippen LogP) is 14.7. The zero-order valence-electron chi connectivity index (χ0n) is 58.3. The zero-order chi connectivity index (χ0) is 70.6. The summed E-state index contributed by atoms with van der Waals surface area (Å²) in [7, 11) is 0. The summed E-state index contributed by atoms with van der Waals surface area (Å²) in [6.45, 7) is 1.69. The van der Waals surface area contributed by atoms with E-state index in [0.29, 0.717) is 6.61 Å². The first-order valence-corrected chi connectivity index (χ1v) is 35.9. The van der Waals surface area contributed by atoms with Gasteiger partial charge in [-0.3, -0.25) is 0 Å². The van der Waals surface area contributed by atoms with Crippen LogP contribution in [-0.2, 0) is 137 Å². The molecule has 0 unspecified atom stereocenters. The molecule has 0 aliphatic carbocycles. The van der Waals surface area contributed by atoms with Gasteiger partial charge in [0, 0.05) is 0 Å². The normalized spacial score (nSPS) is 24.8. The molecule has 13 rings (SSSR count).